The Kier molecular flexibility index (Phi) is 47.2. The average Bonchev–Trinajstić information content (AvgIpc) is 3.26. The third-order valence-corrected chi connectivity index (χ3v) is 11.5. The second-order valence-electron chi connectivity index (χ2n) is 17.6. The highest BCUT2D eigenvalue weighted by Gasteiger charge is 2.23. The molecule has 1 amide bonds. The summed E-state index contributed by atoms with van der Waals surface area (Å²) in [6.45, 7) is 6.33. The van der Waals surface area contributed by atoms with Crippen molar-refractivity contribution < 1.29 is 24.5 Å². The molecule has 6 nitrogen and oxygen atoms in total. The summed E-state index contributed by atoms with van der Waals surface area (Å²) >= 11 is 0. The molecule has 62 heavy (non-hydrogen) atoms. The van der Waals surface area contributed by atoms with Crippen molar-refractivity contribution in [3.8, 4) is 0 Å². The molecule has 0 aliphatic carbocycles. The van der Waals surface area contributed by atoms with Gasteiger partial charge in [-0.25, -0.2) is 0 Å². The minimum atomic E-state index is -0.821. The van der Waals surface area contributed by atoms with Gasteiger partial charge in [-0.05, 0) is 57.4 Å². The lowest BCUT2D eigenvalue weighted by molar-refractivity contribution is -0.148. The molecule has 0 aliphatic rings. The van der Waals surface area contributed by atoms with Crippen molar-refractivity contribution in [3.63, 3.8) is 0 Å². The first-order valence-corrected chi connectivity index (χ1v) is 26.2. The van der Waals surface area contributed by atoms with Crippen LogP contribution in [0.25, 0.3) is 0 Å². The number of rotatable bonds is 46. The van der Waals surface area contributed by atoms with Crippen LogP contribution >= 0.6 is 0 Å². The molecule has 0 bridgehead atoms. The molecule has 0 saturated carbocycles. The van der Waals surface area contributed by atoms with E-state index in [0.29, 0.717) is 19.3 Å². The van der Waals surface area contributed by atoms with E-state index in [9.17, 15) is 19.8 Å². The largest absolute Gasteiger partial charge is 0.458 e. The van der Waals surface area contributed by atoms with E-state index in [1.54, 1.807) is 6.08 Å². The fraction of sp³-hybridized carbons (Fsp3) is 0.750. The van der Waals surface area contributed by atoms with Crippen LogP contribution in [-0.2, 0) is 14.3 Å². The summed E-state index contributed by atoms with van der Waals surface area (Å²) in [6.07, 6.45) is 62.8. The lowest BCUT2D eigenvalue weighted by Gasteiger charge is -2.23. The quantitative estimate of drug-likeness (QED) is 0.0322. The zero-order valence-corrected chi connectivity index (χ0v) is 40.7. The van der Waals surface area contributed by atoms with Gasteiger partial charge in [0.2, 0.25) is 5.91 Å². The maximum Gasteiger partial charge on any atom is 0.306 e. The molecule has 0 aromatic heterocycles. The number of amides is 1. The van der Waals surface area contributed by atoms with Gasteiger partial charge >= 0.3 is 5.97 Å². The number of hydrogen-bond donors (Lipinski definition) is 3. The van der Waals surface area contributed by atoms with Crippen molar-refractivity contribution in [2.45, 2.75) is 264 Å². The van der Waals surface area contributed by atoms with Crippen LogP contribution in [0.15, 0.2) is 72.9 Å². The Labute approximate surface area is 383 Å². The van der Waals surface area contributed by atoms with E-state index in [4.69, 9.17) is 4.74 Å². The summed E-state index contributed by atoms with van der Waals surface area (Å²) in [5, 5.41) is 23.7. The number of aliphatic hydroxyl groups is 2. The van der Waals surface area contributed by atoms with Crippen LogP contribution in [-0.4, -0.2) is 46.9 Å². The van der Waals surface area contributed by atoms with E-state index < -0.39 is 18.2 Å². The summed E-state index contributed by atoms with van der Waals surface area (Å²) < 4.78 is 5.81. The smallest absolute Gasteiger partial charge is 0.306 e. The van der Waals surface area contributed by atoms with Gasteiger partial charge in [0.25, 0.3) is 0 Å². The molecular formula is C56H99NO5. The van der Waals surface area contributed by atoms with E-state index in [0.717, 1.165) is 70.6 Å². The van der Waals surface area contributed by atoms with E-state index >= 15 is 0 Å². The average molecular weight is 866 g/mol. The topological polar surface area (TPSA) is 95.9 Å². The fourth-order valence-electron chi connectivity index (χ4n) is 7.60. The third kappa shape index (κ3) is 43.9. The van der Waals surface area contributed by atoms with Crippen LogP contribution < -0.4 is 5.32 Å². The van der Waals surface area contributed by atoms with Gasteiger partial charge in [0.05, 0.1) is 25.2 Å². The molecule has 0 aromatic rings. The van der Waals surface area contributed by atoms with Crippen molar-refractivity contribution in [2.24, 2.45) is 0 Å². The van der Waals surface area contributed by atoms with Crippen LogP contribution in [0, 0.1) is 0 Å². The molecule has 0 saturated heterocycles. The van der Waals surface area contributed by atoms with Gasteiger partial charge in [0, 0.05) is 6.42 Å². The van der Waals surface area contributed by atoms with Gasteiger partial charge in [-0.3, -0.25) is 9.59 Å². The molecule has 0 fully saturated rings. The van der Waals surface area contributed by atoms with Crippen LogP contribution in [0.4, 0.5) is 0 Å². The Morgan fingerprint density at radius 3 is 1.23 bits per heavy atom. The lowest BCUT2D eigenvalue weighted by Crippen LogP contribution is -2.46. The van der Waals surface area contributed by atoms with Crippen LogP contribution in [0.2, 0.25) is 0 Å². The zero-order valence-electron chi connectivity index (χ0n) is 40.7. The first-order chi connectivity index (χ1) is 30.5. The monoisotopic (exact) mass is 866 g/mol. The summed E-state index contributed by atoms with van der Waals surface area (Å²) in [5.74, 6) is -0.629. The minimum Gasteiger partial charge on any atom is -0.458 e. The van der Waals surface area contributed by atoms with Crippen LogP contribution in [0.3, 0.4) is 0 Å². The van der Waals surface area contributed by atoms with E-state index in [1.807, 2.05) is 6.08 Å². The molecule has 358 valence electrons. The SMILES string of the molecule is CC/C=C\C/C=C\C/C=C\C/C=C\C/C=C\C/C=C\C(CC(=O)NC(CO)C(O)CCCCCCCCCCCCCCCCCC)OC(=O)CCCCCCCCCCCC. The van der Waals surface area contributed by atoms with Crippen LogP contribution in [0.1, 0.15) is 245 Å². The van der Waals surface area contributed by atoms with Gasteiger partial charge in [0.1, 0.15) is 6.10 Å². The molecule has 0 aliphatic heterocycles. The molecule has 0 spiro atoms. The highest BCUT2D eigenvalue weighted by atomic mass is 16.5. The molecule has 0 rings (SSSR count). The molecular weight excluding hydrogens is 767 g/mol. The molecule has 3 atom stereocenters. The highest BCUT2D eigenvalue weighted by molar-refractivity contribution is 5.78. The number of carbonyl (C=O) groups excluding carboxylic acids is 2. The Balaban J connectivity index is 4.69. The summed E-state index contributed by atoms with van der Waals surface area (Å²) in [7, 11) is 0. The van der Waals surface area contributed by atoms with E-state index in [-0.39, 0.29) is 24.9 Å². The first kappa shape index (κ1) is 59.3. The number of aliphatic hydroxyl groups excluding tert-OH is 2. The Hall–Kier alpha value is -2.70. The molecule has 3 unspecified atom stereocenters. The molecule has 0 aromatic carbocycles. The third-order valence-electron chi connectivity index (χ3n) is 11.5. The van der Waals surface area contributed by atoms with Crippen molar-refractivity contribution in [3.05, 3.63) is 72.9 Å². The van der Waals surface area contributed by atoms with Gasteiger partial charge in [-0.15, -0.1) is 0 Å². The second kappa shape index (κ2) is 49.3. The van der Waals surface area contributed by atoms with Gasteiger partial charge in [-0.2, -0.15) is 0 Å². The number of esters is 1. The Morgan fingerprint density at radius 2 is 0.839 bits per heavy atom. The van der Waals surface area contributed by atoms with Gasteiger partial charge < -0.3 is 20.3 Å². The van der Waals surface area contributed by atoms with Crippen LogP contribution in [0.5, 0.6) is 0 Å². The highest BCUT2D eigenvalue weighted by Crippen LogP contribution is 2.16. The minimum absolute atomic E-state index is 0.0474. The number of ether oxygens (including phenoxy) is 1. The van der Waals surface area contributed by atoms with Gasteiger partial charge in [0.15, 0.2) is 0 Å². The maximum absolute atomic E-state index is 13.2. The lowest BCUT2D eigenvalue weighted by atomic mass is 10.0. The van der Waals surface area contributed by atoms with Crippen molar-refractivity contribution >= 4 is 11.9 Å². The summed E-state index contributed by atoms with van der Waals surface area (Å²) in [5.41, 5.74) is 0. The molecule has 3 N–H and O–H groups in total. The number of allylic oxidation sites excluding steroid dienone is 11. The number of unbranched alkanes of at least 4 members (excludes halogenated alkanes) is 24. The van der Waals surface area contributed by atoms with Crippen molar-refractivity contribution in [1.29, 1.82) is 0 Å². The predicted molar refractivity (Wildman–Crippen MR) is 268 cm³/mol. The molecule has 0 radical (unpaired) electrons. The Bertz CT molecular complexity index is 1150. The van der Waals surface area contributed by atoms with Crippen molar-refractivity contribution in [2.75, 3.05) is 6.61 Å². The second-order valence-corrected chi connectivity index (χ2v) is 17.6. The fourth-order valence-corrected chi connectivity index (χ4v) is 7.60. The summed E-state index contributed by atoms with van der Waals surface area (Å²) in [6, 6.07) is -0.743. The first-order valence-electron chi connectivity index (χ1n) is 26.2. The zero-order chi connectivity index (χ0) is 45.2. The normalized spacial score (nSPS) is 13.8. The number of carbonyl (C=O) groups is 2. The Morgan fingerprint density at radius 1 is 0.484 bits per heavy atom. The van der Waals surface area contributed by atoms with E-state index in [2.05, 4.69) is 86.8 Å². The van der Waals surface area contributed by atoms with Gasteiger partial charge in [-0.1, -0.05) is 248 Å². The molecule has 6 heteroatoms. The number of hydrogen-bond acceptors (Lipinski definition) is 5. The summed E-state index contributed by atoms with van der Waals surface area (Å²) in [4.78, 5) is 26.0. The van der Waals surface area contributed by atoms with Crippen molar-refractivity contribution in [1.82, 2.24) is 5.32 Å². The number of nitrogens with one attached hydrogen (secondary N) is 1. The van der Waals surface area contributed by atoms with E-state index in [1.165, 1.54) is 128 Å². The molecule has 0 heterocycles. The maximum atomic E-state index is 13.2. The predicted octanol–water partition coefficient (Wildman–Crippen LogP) is 15.8. The standard InChI is InChI=1S/C56H99NO5/c1-4-7-10-13-16-19-22-24-26-28-29-31-33-35-38-41-44-47-52(62-56(61)49-46-43-40-37-21-18-15-12-9-6-3)50-55(60)57-53(51-58)54(59)48-45-42-39-36-34-32-30-27-25-23-20-17-14-11-8-5-2/h7,10,16,19,24,26,29,31,35,38,44,47,52-54,58-59H,4-6,8-9,11-15,17-18,20-23,25,27-28,30,32-34,36-37,39-43,45-46,48-51H2,1-3H3,(H,57,60)/b10-7-,19-16-,26-24-,31-29-,38-35-,47-44-.